The maximum atomic E-state index is 13.4. The van der Waals surface area contributed by atoms with Crippen LogP contribution in [0.15, 0.2) is 0 Å². The van der Waals surface area contributed by atoms with Crippen LogP contribution in [0.1, 0.15) is 5.56 Å². The molecule has 0 aromatic heterocycles. The van der Waals surface area contributed by atoms with Crippen molar-refractivity contribution in [1.82, 2.24) is 0 Å². The highest BCUT2D eigenvalue weighted by Crippen LogP contribution is 1.87. The van der Waals surface area contributed by atoms with Gasteiger partial charge in [0, 0.05) is 0 Å². The Morgan fingerprint density at radius 3 is 1.50 bits per heavy atom. The van der Waals surface area contributed by atoms with Gasteiger partial charge < -0.3 is 0 Å². The molecule has 0 nitrogen and oxygen atoms in total. The summed E-state index contributed by atoms with van der Waals surface area (Å²) < 4.78 is 13.4. The first-order valence-corrected chi connectivity index (χ1v) is 4.19. The SMILES string of the molecule is Bc1c(B)c(F)c(B)c(B)c1C. The fourth-order valence-electron chi connectivity index (χ4n) is 1.45. The molecule has 5 heteroatoms. The lowest BCUT2D eigenvalue weighted by Gasteiger charge is -2.14. The smallest absolute Gasteiger partial charge is 0.142 e. The van der Waals surface area contributed by atoms with E-state index in [-0.39, 0.29) is 5.82 Å². The van der Waals surface area contributed by atoms with Crippen LogP contribution in [0.4, 0.5) is 4.39 Å². The van der Waals surface area contributed by atoms with Crippen LogP contribution in [0.5, 0.6) is 0 Å². The lowest BCUT2D eigenvalue weighted by atomic mass is 9.67. The molecule has 1 aromatic rings. The van der Waals surface area contributed by atoms with E-state index in [9.17, 15) is 4.39 Å². The van der Waals surface area contributed by atoms with E-state index in [1.54, 1.807) is 0 Å². The minimum Gasteiger partial charge on any atom is -0.208 e. The number of benzene rings is 1. The zero-order valence-corrected chi connectivity index (χ0v) is 8.38. The average molecular weight is 157 g/mol. The number of hydrogen-bond acceptors (Lipinski definition) is 0. The Kier molecular flexibility index (Phi) is 2.41. The molecule has 1 rings (SSSR count). The molecule has 0 bridgehead atoms. The Morgan fingerprint density at radius 2 is 1.17 bits per heavy atom. The van der Waals surface area contributed by atoms with E-state index in [1.165, 1.54) is 5.56 Å². The van der Waals surface area contributed by atoms with E-state index in [1.807, 2.05) is 38.3 Å². The van der Waals surface area contributed by atoms with Crippen LogP contribution < -0.4 is 21.9 Å². The van der Waals surface area contributed by atoms with Gasteiger partial charge in [0.05, 0.1) is 0 Å². The third-order valence-corrected chi connectivity index (χ3v) is 2.91. The highest BCUT2D eigenvalue weighted by molar-refractivity contribution is 6.56. The summed E-state index contributed by atoms with van der Waals surface area (Å²) in [5.74, 6) is -0.0457. The van der Waals surface area contributed by atoms with E-state index in [0.717, 1.165) is 21.9 Å². The zero-order valence-electron chi connectivity index (χ0n) is 8.38. The van der Waals surface area contributed by atoms with E-state index < -0.39 is 0 Å². The second kappa shape index (κ2) is 3.04. The molecule has 0 aliphatic carbocycles. The highest BCUT2D eigenvalue weighted by atomic mass is 19.1. The third-order valence-electron chi connectivity index (χ3n) is 2.91. The van der Waals surface area contributed by atoms with Crippen molar-refractivity contribution in [3.05, 3.63) is 11.4 Å². The molecule has 58 valence electrons. The van der Waals surface area contributed by atoms with Crippen molar-refractivity contribution in [2.45, 2.75) is 6.92 Å². The Balaban J connectivity index is 3.60. The van der Waals surface area contributed by atoms with Crippen LogP contribution in [0.3, 0.4) is 0 Å². The molecule has 0 amide bonds. The lowest BCUT2D eigenvalue weighted by Crippen LogP contribution is -2.46. The van der Waals surface area contributed by atoms with Crippen LogP contribution in [-0.4, -0.2) is 31.4 Å². The van der Waals surface area contributed by atoms with Crippen LogP contribution in [0, 0.1) is 12.7 Å². The molecule has 0 spiro atoms. The molecule has 0 saturated carbocycles. The Hall–Kier alpha value is -0.590. The van der Waals surface area contributed by atoms with Gasteiger partial charge in [-0.1, -0.05) is 27.4 Å². The monoisotopic (exact) mass is 158 g/mol. The molecule has 0 saturated heterocycles. The first-order valence-electron chi connectivity index (χ1n) is 4.19. The molecular formula is C7H11B4F. The largest absolute Gasteiger partial charge is 0.208 e. The van der Waals surface area contributed by atoms with Crippen LogP contribution in [-0.2, 0) is 0 Å². The van der Waals surface area contributed by atoms with E-state index >= 15 is 0 Å². The van der Waals surface area contributed by atoms with Gasteiger partial charge in [0.2, 0.25) is 0 Å². The Labute approximate surface area is 76.6 Å². The van der Waals surface area contributed by atoms with Crippen molar-refractivity contribution in [3.63, 3.8) is 0 Å². The summed E-state index contributed by atoms with van der Waals surface area (Å²) in [4.78, 5) is 0. The summed E-state index contributed by atoms with van der Waals surface area (Å²) in [5.41, 5.74) is 4.95. The Morgan fingerprint density at radius 1 is 0.833 bits per heavy atom. The van der Waals surface area contributed by atoms with Gasteiger partial charge in [0.15, 0.2) is 0 Å². The van der Waals surface area contributed by atoms with Crippen LogP contribution in [0.25, 0.3) is 0 Å². The normalized spacial score (nSPS) is 10.2. The zero-order chi connectivity index (χ0) is 9.46. The molecule has 0 aliphatic rings. The molecule has 0 fully saturated rings. The van der Waals surface area contributed by atoms with Crippen molar-refractivity contribution in [2.24, 2.45) is 0 Å². The van der Waals surface area contributed by atoms with Gasteiger partial charge in [-0.2, -0.15) is 0 Å². The van der Waals surface area contributed by atoms with Crippen molar-refractivity contribution < 1.29 is 4.39 Å². The quantitative estimate of drug-likeness (QED) is 0.332. The topological polar surface area (TPSA) is 0 Å². The van der Waals surface area contributed by atoms with Gasteiger partial charge in [0.25, 0.3) is 0 Å². The highest BCUT2D eigenvalue weighted by Gasteiger charge is 2.09. The van der Waals surface area contributed by atoms with E-state index in [0.29, 0.717) is 0 Å². The summed E-state index contributed by atoms with van der Waals surface area (Å²) in [6.45, 7) is 2.05. The van der Waals surface area contributed by atoms with Crippen LogP contribution in [0.2, 0.25) is 0 Å². The summed E-state index contributed by atoms with van der Waals surface area (Å²) in [5, 5.41) is 0. The summed E-state index contributed by atoms with van der Waals surface area (Å²) in [7, 11) is 7.62. The second-order valence-electron chi connectivity index (χ2n) is 3.44. The number of hydrogen-bond donors (Lipinski definition) is 0. The molecular weight excluding hydrogens is 146 g/mol. The number of halogens is 1. The molecule has 0 N–H and O–H groups in total. The van der Waals surface area contributed by atoms with Crippen molar-refractivity contribution in [3.8, 4) is 0 Å². The van der Waals surface area contributed by atoms with Crippen molar-refractivity contribution in [2.75, 3.05) is 0 Å². The predicted octanol–water partition coefficient (Wildman–Crippen LogP) is -4.83. The lowest BCUT2D eigenvalue weighted by molar-refractivity contribution is 0.645. The van der Waals surface area contributed by atoms with Gasteiger partial charge in [0.1, 0.15) is 37.2 Å². The molecule has 1 aromatic carbocycles. The molecule has 12 heavy (non-hydrogen) atoms. The van der Waals surface area contributed by atoms with Gasteiger partial charge in [-0.3, -0.25) is 0 Å². The first-order chi connectivity index (χ1) is 5.46. The van der Waals surface area contributed by atoms with E-state index in [4.69, 9.17) is 0 Å². The van der Waals surface area contributed by atoms with Gasteiger partial charge >= 0.3 is 0 Å². The van der Waals surface area contributed by atoms with Gasteiger partial charge in [-0.25, -0.2) is 4.39 Å². The summed E-state index contributed by atoms with van der Waals surface area (Å²) >= 11 is 0. The van der Waals surface area contributed by atoms with Gasteiger partial charge in [-0.05, 0) is 6.92 Å². The number of rotatable bonds is 0. The molecule has 0 unspecified atom stereocenters. The summed E-state index contributed by atoms with van der Waals surface area (Å²) in [6.07, 6.45) is 0. The van der Waals surface area contributed by atoms with E-state index in [2.05, 4.69) is 0 Å². The fourth-order valence-corrected chi connectivity index (χ4v) is 1.45. The van der Waals surface area contributed by atoms with Gasteiger partial charge in [-0.15, -0.1) is 0 Å². The van der Waals surface area contributed by atoms with Crippen LogP contribution >= 0.6 is 0 Å². The first kappa shape index (κ1) is 9.50. The molecule has 0 radical (unpaired) electrons. The fraction of sp³-hybridized carbons (Fsp3) is 0.143. The molecule has 0 aliphatic heterocycles. The van der Waals surface area contributed by atoms with Crippen molar-refractivity contribution >= 4 is 53.2 Å². The minimum absolute atomic E-state index is 0.0457. The molecule has 0 heterocycles. The Bertz CT molecular complexity index is 230. The predicted molar refractivity (Wildman–Crippen MR) is 63.8 cm³/mol. The maximum Gasteiger partial charge on any atom is 0.142 e. The second-order valence-corrected chi connectivity index (χ2v) is 3.44. The standard InChI is InChI=1S/C7H11B4F/c1-2-3(8)5(10)7(12)6(11)4(2)9/h8-11H2,1H3. The minimum atomic E-state index is -0.0457. The summed E-state index contributed by atoms with van der Waals surface area (Å²) in [6, 6.07) is 0. The van der Waals surface area contributed by atoms with Crippen molar-refractivity contribution in [1.29, 1.82) is 0 Å². The maximum absolute atomic E-state index is 13.4. The average Bonchev–Trinajstić information content (AvgIpc) is 2.08. The third kappa shape index (κ3) is 1.21. The molecule has 0 atom stereocenters.